The zero-order chi connectivity index (χ0) is 6.97. The molecule has 2 rings (SSSR count). The quantitative estimate of drug-likeness (QED) is 0.456. The Labute approximate surface area is 61.0 Å². The first-order valence-corrected chi connectivity index (χ1v) is 3.99. The van der Waals surface area contributed by atoms with Crippen LogP contribution in [0.25, 0.3) is 0 Å². The highest BCUT2D eigenvalue weighted by Gasteiger charge is 2.31. The molecule has 0 bridgehead atoms. The summed E-state index contributed by atoms with van der Waals surface area (Å²) in [4.78, 5) is 2.38. The lowest BCUT2D eigenvalue weighted by atomic mass is 10.2. The molecule has 0 spiro atoms. The molecule has 0 aromatic heterocycles. The van der Waals surface area contributed by atoms with Crippen molar-refractivity contribution in [1.82, 2.24) is 10.2 Å². The normalized spacial score (nSPS) is 41.7. The number of hydrogen-bond acceptors (Lipinski definition) is 3. The molecule has 2 N–H and O–H groups in total. The van der Waals surface area contributed by atoms with Gasteiger partial charge in [-0.15, -0.1) is 0 Å². The van der Waals surface area contributed by atoms with Crippen molar-refractivity contribution in [3.05, 3.63) is 0 Å². The molecule has 0 unspecified atom stereocenters. The fraction of sp³-hybridized carbons (Fsp3) is 1.00. The average molecular weight is 142 g/mol. The molecule has 2 atom stereocenters. The Kier molecular flexibility index (Phi) is 1.64. The maximum atomic E-state index is 9.29. The lowest BCUT2D eigenvalue weighted by Crippen LogP contribution is -2.47. The van der Waals surface area contributed by atoms with E-state index in [-0.39, 0.29) is 6.10 Å². The molecule has 2 fully saturated rings. The molecule has 0 saturated carbocycles. The average Bonchev–Trinajstić information content (AvgIpc) is 2.27. The van der Waals surface area contributed by atoms with Crippen molar-refractivity contribution >= 4 is 0 Å². The number of aliphatic hydroxyl groups is 1. The van der Waals surface area contributed by atoms with Crippen LogP contribution in [0.1, 0.15) is 6.42 Å². The van der Waals surface area contributed by atoms with Crippen molar-refractivity contribution in [3.63, 3.8) is 0 Å². The second-order valence-electron chi connectivity index (χ2n) is 3.24. The topological polar surface area (TPSA) is 35.5 Å². The molecule has 2 saturated heterocycles. The Bertz CT molecular complexity index is 115. The van der Waals surface area contributed by atoms with E-state index in [9.17, 15) is 5.11 Å². The maximum Gasteiger partial charge on any atom is 0.0682 e. The van der Waals surface area contributed by atoms with Gasteiger partial charge in [0, 0.05) is 32.2 Å². The third-order valence-electron chi connectivity index (χ3n) is 2.46. The summed E-state index contributed by atoms with van der Waals surface area (Å²) in [7, 11) is 0. The van der Waals surface area contributed by atoms with Crippen LogP contribution in [0.4, 0.5) is 0 Å². The summed E-state index contributed by atoms with van der Waals surface area (Å²) in [5.74, 6) is 0. The summed E-state index contributed by atoms with van der Waals surface area (Å²) in [6, 6.07) is 0.615. The van der Waals surface area contributed by atoms with E-state index in [0.29, 0.717) is 6.04 Å². The number of nitrogens with zero attached hydrogens (tertiary/aromatic N) is 1. The molecule has 58 valence electrons. The number of nitrogens with one attached hydrogen (secondary N) is 1. The number of piperazine rings is 1. The van der Waals surface area contributed by atoms with Gasteiger partial charge < -0.3 is 10.4 Å². The lowest BCUT2D eigenvalue weighted by molar-refractivity contribution is 0.170. The highest BCUT2D eigenvalue weighted by molar-refractivity contribution is 4.89. The van der Waals surface area contributed by atoms with Crippen LogP contribution in [0.2, 0.25) is 0 Å². The molecule has 0 aromatic rings. The first-order chi connectivity index (χ1) is 4.86. The fourth-order valence-corrected chi connectivity index (χ4v) is 1.94. The van der Waals surface area contributed by atoms with Gasteiger partial charge in [-0.05, 0) is 6.42 Å². The monoisotopic (exact) mass is 142 g/mol. The van der Waals surface area contributed by atoms with Gasteiger partial charge in [0.05, 0.1) is 6.10 Å². The van der Waals surface area contributed by atoms with Gasteiger partial charge in [-0.3, -0.25) is 4.90 Å². The van der Waals surface area contributed by atoms with Gasteiger partial charge in [0.2, 0.25) is 0 Å². The van der Waals surface area contributed by atoms with Gasteiger partial charge in [0.15, 0.2) is 0 Å². The zero-order valence-electron chi connectivity index (χ0n) is 6.08. The van der Waals surface area contributed by atoms with Crippen LogP contribution >= 0.6 is 0 Å². The van der Waals surface area contributed by atoms with E-state index in [4.69, 9.17) is 0 Å². The van der Waals surface area contributed by atoms with Crippen LogP contribution < -0.4 is 5.32 Å². The molecule has 10 heavy (non-hydrogen) atoms. The predicted molar refractivity (Wildman–Crippen MR) is 38.9 cm³/mol. The van der Waals surface area contributed by atoms with E-state index in [1.54, 1.807) is 0 Å². The maximum absolute atomic E-state index is 9.29. The molecule has 2 aliphatic rings. The van der Waals surface area contributed by atoms with Crippen molar-refractivity contribution < 1.29 is 5.11 Å². The molecule has 3 heteroatoms. The van der Waals surface area contributed by atoms with Crippen LogP contribution in [0.15, 0.2) is 0 Å². The molecule has 0 aromatic carbocycles. The Morgan fingerprint density at radius 3 is 3.20 bits per heavy atom. The first kappa shape index (κ1) is 6.58. The van der Waals surface area contributed by atoms with Gasteiger partial charge >= 0.3 is 0 Å². The van der Waals surface area contributed by atoms with E-state index in [0.717, 1.165) is 32.6 Å². The second kappa shape index (κ2) is 2.49. The lowest BCUT2D eigenvalue weighted by Gasteiger charge is -2.29. The summed E-state index contributed by atoms with van der Waals surface area (Å²) < 4.78 is 0. The SMILES string of the molecule is O[C@@H]1C[C@@H]2CNCCN2C1. The highest BCUT2D eigenvalue weighted by Crippen LogP contribution is 2.18. The van der Waals surface area contributed by atoms with Crippen molar-refractivity contribution in [2.45, 2.75) is 18.6 Å². The third-order valence-corrected chi connectivity index (χ3v) is 2.46. The molecule has 0 aliphatic carbocycles. The van der Waals surface area contributed by atoms with Gasteiger partial charge in [0.1, 0.15) is 0 Å². The fourth-order valence-electron chi connectivity index (χ4n) is 1.94. The van der Waals surface area contributed by atoms with Crippen LogP contribution in [0, 0.1) is 0 Å². The van der Waals surface area contributed by atoms with Crippen molar-refractivity contribution in [3.8, 4) is 0 Å². The van der Waals surface area contributed by atoms with E-state index in [1.807, 2.05) is 0 Å². The zero-order valence-corrected chi connectivity index (χ0v) is 6.08. The molecular formula is C7H14N2O. The minimum atomic E-state index is -0.0649. The summed E-state index contributed by atoms with van der Waals surface area (Å²) >= 11 is 0. The summed E-state index contributed by atoms with van der Waals surface area (Å²) in [5, 5.41) is 12.6. The van der Waals surface area contributed by atoms with Crippen LogP contribution in [-0.4, -0.2) is 48.3 Å². The van der Waals surface area contributed by atoms with Crippen molar-refractivity contribution in [2.24, 2.45) is 0 Å². The number of aliphatic hydroxyl groups excluding tert-OH is 1. The number of fused-ring (bicyclic) bond motifs is 1. The van der Waals surface area contributed by atoms with Crippen LogP contribution in [0.3, 0.4) is 0 Å². The molecule has 3 nitrogen and oxygen atoms in total. The predicted octanol–water partition coefficient (Wildman–Crippen LogP) is -0.975. The van der Waals surface area contributed by atoms with Crippen molar-refractivity contribution in [1.29, 1.82) is 0 Å². The van der Waals surface area contributed by atoms with Gasteiger partial charge in [0.25, 0.3) is 0 Å². The Morgan fingerprint density at radius 2 is 2.40 bits per heavy atom. The Hall–Kier alpha value is -0.120. The smallest absolute Gasteiger partial charge is 0.0682 e. The molecule has 2 aliphatic heterocycles. The summed E-state index contributed by atoms with van der Waals surface area (Å²) in [6.07, 6.45) is 0.900. The van der Waals surface area contributed by atoms with E-state index >= 15 is 0 Å². The summed E-state index contributed by atoms with van der Waals surface area (Å²) in [5.41, 5.74) is 0. The standard InChI is InChI=1S/C7H14N2O/c10-7-3-6-4-8-1-2-9(6)5-7/h6-8,10H,1-5H2/t6-,7-/m1/s1. The van der Waals surface area contributed by atoms with E-state index < -0.39 is 0 Å². The number of hydrogen-bond donors (Lipinski definition) is 2. The first-order valence-electron chi connectivity index (χ1n) is 3.99. The minimum absolute atomic E-state index is 0.0649. The number of rotatable bonds is 0. The molecule has 2 heterocycles. The highest BCUT2D eigenvalue weighted by atomic mass is 16.3. The van der Waals surface area contributed by atoms with Crippen LogP contribution in [-0.2, 0) is 0 Å². The second-order valence-corrected chi connectivity index (χ2v) is 3.24. The van der Waals surface area contributed by atoms with Gasteiger partial charge in [-0.1, -0.05) is 0 Å². The van der Waals surface area contributed by atoms with Gasteiger partial charge in [-0.25, -0.2) is 0 Å². The Balaban J connectivity index is 1.97. The van der Waals surface area contributed by atoms with Gasteiger partial charge in [-0.2, -0.15) is 0 Å². The molecular weight excluding hydrogens is 128 g/mol. The van der Waals surface area contributed by atoms with Crippen LogP contribution in [0.5, 0.6) is 0 Å². The minimum Gasteiger partial charge on any atom is -0.392 e. The van der Waals surface area contributed by atoms with E-state index in [1.165, 1.54) is 0 Å². The summed E-state index contributed by atoms with van der Waals surface area (Å²) in [6.45, 7) is 4.16. The third kappa shape index (κ3) is 1.05. The largest absolute Gasteiger partial charge is 0.392 e. The van der Waals surface area contributed by atoms with Crippen molar-refractivity contribution in [2.75, 3.05) is 26.2 Å². The molecule has 0 amide bonds. The Morgan fingerprint density at radius 1 is 1.50 bits per heavy atom. The molecule has 0 radical (unpaired) electrons. The van der Waals surface area contributed by atoms with E-state index in [2.05, 4.69) is 10.2 Å².